The molecule has 0 radical (unpaired) electrons. The van der Waals surface area contributed by atoms with Gasteiger partial charge in [0.25, 0.3) is 16.8 Å². The zero-order chi connectivity index (χ0) is 23.7. The van der Waals surface area contributed by atoms with Gasteiger partial charge in [0.1, 0.15) is 0 Å². The van der Waals surface area contributed by atoms with E-state index in [9.17, 15) is 19.7 Å². The van der Waals surface area contributed by atoms with Crippen LogP contribution in [-0.4, -0.2) is 25.5 Å². The van der Waals surface area contributed by atoms with Crippen molar-refractivity contribution in [1.82, 2.24) is 9.47 Å². The third-order valence-corrected chi connectivity index (χ3v) is 6.60. The second-order valence-corrected chi connectivity index (χ2v) is 8.86. The van der Waals surface area contributed by atoms with Crippen LogP contribution in [0.1, 0.15) is 16.7 Å². The van der Waals surface area contributed by atoms with E-state index in [-0.39, 0.29) is 28.3 Å². The second-order valence-electron chi connectivity index (χ2n) is 7.87. The number of aromatic nitrogens is 1. The minimum absolute atomic E-state index is 0.0591. The van der Waals surface area contributed by atoms with Crippen molar-refractivity contribution in [3.05, 3.63) is 117 Å². The predicted octanol–water partition coefficient (Wildman–Crippen LogP) is 5.83. The molecule has 1 fully saturated rings. The first-order chi connectivity index (χ1) is 16.5. The number of para-hydroxylation sites is 2. The average molecular weight is 470 g/mol. The summed E-state index contributed by atoms with van der Waals surface area (Å²) in [6.07, 6.45) is 3.60. The summed E-state index contributed by atoms with van der Waals surface area (Å²) < 4.78 is 1.93. The molecular weight excluding hydrogens is 450 g/mol. The number of hydrogen-bond donors (Lipinski definition) is 0. The molecule has 0 atom stereocenters. The normalized spacial score (nSPS) is 14.9. The van der Waals surface area contributed by atoms with Gasteiger partial charge in [0.05, 0.1) is 22.9 Å². The molecule has 0 aliphatic carbocycles. The number of nitrogens with zero attached hydrogens (tertiary/aromatic N) is 3. The number of nitro benzene ring substituents is 1. The van der Waals surface area contributed by atoms with Crippen LogP contribution in [0.2, 0.25) is 0 Å². The predicted molar refractivity (Wildman–Crippen MR) is 132 cm³/mol. The standard InChI is InChI=1S/C26H19N3O4S/c30-25-24(34-26(31)28(25)15-18-8-2-1-3-9-18)14-20-17-27(23-13-7-5-11-21(20)23)16-19-10-4-6-12-22(19)29(32)33/h1-14,17H,15-16H2/b24-14-. The van der Waals surface area contributed by atoms with Crippen molar-refractivity contribution in [2.45, 2.75) is 13.1 Å². The summed E-state index contributed by atoms with van der Waals surface area (Å²) in [7, 11) is 0. The lowest BCUT2D eigenvalue weighted by Gasteiger charge is -2.12. The van der Waals surface area contributed by atoms with Gasteiger partial charge >= 0.3 is 0 Å². The summed E-state index contributed by atoms with van der Waals surface area (Å²) in [6, 6.07) is 23.7. The molecule has 2 amide bonds. The lowest BCUT2D eigenvalue weighted by Crippen LogP contribution is -2.27. The highest BCUT2D eigenvalue weighted by Crippen LogP contribution is 2.35. The van der Waals surface area contributed by atoms with Crippen LogP contribution in [-0.2, 0) is 17.9 Å². The molecule has 168 valence electrons. The van der Waals surface area contributed by atoms with Crippen molar-refractivity contribution in [2.75, 3.05) is 0 Å². The van der Waals surface area contributed by atoms with E-state index in [2.05, 4.69) is 0 Å². The summed E-state index contributed by atoms with van der Waals surface area (Å²) in [5, 5.41) is 12.0. The van der Waals surface area contributed by atoms with Gasteiger partial charge in [-0.15, -0.1) is 0 Å². The SMILES string of the molecule is O=C1S/C(=C\c2cn(Cc3ccccc3[N+](=O)[O-])c3ccccc23)C(=O)N1Cc1ccccc1. The van der Waals surface area contributed by atoms with Gasteiger partial charge in [-0.1, -0.05) is 66.7 Å². The van der Waals surface area contributed by atoms with E-state index in [1.807, 2.05) is 65.4 Å². The zero-order valence-electron chi connectivity index (χ0n) is 18.0. The summed E-state index contributed by atoms with van der Waals surface area (Å²) >= 11 is 0.924. The maximum Gasteiger partial charge on any atom is 0.293 e. The Hall–Kier alpha value is -4.17. The van der Waals surface area contributed by atoms with Crippen LogP contribution in [0, 0.1) is 10.1 Å². The smallest absolute Gasteiger partial charge is 0.293 e. The molecule has 1 aromatic heterocycles. The van der Waals surface area contributed by atoms with E-state index in [0.717, 1.165) is 33.8 Å². The Morgan fingerprint density at radius 1 is 0.882 bits per heavy atom. The molecule has 8 heteroatoms. The molecule has 1 aliphatic heterocycles. The van der Waals surface area contributed by atoms with Crippen LogP contribution < -0.4 is 0 Å². The number of fused-ring (bicyclic) bond motifs is 1. The highest BCUT2D eigenvalue weighted by Gasteiger charge is 2.35. The van der Waals surface area contributed by atoms with Crippen LogP contribution in [0.4, 0.5) is 10.5 Å². The minimum Gasteiger partial charge on any atom is -0.342 e. The number of benzene rings is 3. The zero-order valence-corrected chi connectivity index (χ0v) is 18.8. The van der Waals surface area contributed by atoms with Crippen LogP contribution in [0.3, 0.4) is 0 Å². The molecule has 1 saturated heterocycles. The fourth-order valence-electron chi connectivity index (χ4n) is 4.07. The maximum atomic E-state index is 13.0. The minimum atomic E-state index is -0.384. The Labute approximate surface area is 199 Å². The molecule has 0 spiro atoms. The van der Waals surface area contributed by atoms with Gasteiger partial charge in [0, 0.05) is 34.3 Å². The van der Waals surface area contributed by atoms with Crippen molar-refractivity contribution in [1.29, 1.82) is 0 Å². The topological polar surface area (TPSA) is 85.5 Å². The van der Waals surface area contributed by atoms with E-state index in [4.69, 9.17) is 0 Å². The summed E-state index contributed by atoms with van der Waals surface area (Å²) in [5.41, 5.74) is 3.19. The average Bonchev–Trinajstić information content (AvgIpc) is 3.32. The van der Waals surface area contributed by atoms with Gasteiger partial charge in [0.15, 0.2) is 0 Å². The van der Waals surface area contributed by atoms with Crippen molar-refractivity contribution < 1.29 is 14.5 Å². The quantitative estimate of drug-likeness (QED) is 0.201. The molecule has 5 rings (SSSR count). The molecule has 0 saturated carbocycles. The van der Waals surface area contributed by atoms with Crippen molar-refractivity contribution in [3.63, 3.8) is 0 Å². The van der Waals surface area contributed by atoms with Gasteiger partial charge in [-0.25, -0.2) is 0 Å². The van der Waals surface area contributed by atoms with Crippen LogP contribution in [0.5, 0.6) is 0 Å². The number of imide groups is 1. The van der Waals surface area contributed by atoms with Gasteiger partial charge in [-0.05, 0) is 29.5 Å². The van der Waals surface area contributed by atoms with Gasteiger partial charge in [-0.3, -0.25) is 24.6 Å². The number of thioether (sulfide) groups is 1. The number of carbonyl (C=O) groups is 2. The second kappa shape index (κ2) is 8.99. The Morgan fingerprint density at radius 3 is 2.38 bits per heavy atom. The lowest BCUT2D eigenvalue weighted by molar-refractivity contribution is -0.385. The molecule has 1 aliphatic rings. The highest BCUT2D eigenvalue weighted by atomic mass is 32.2. The largest absolute Gasteiger partial charge is 0.342 e. The fourth-order valence-corrected chi connectivity index (χ4v) is 4.90. The first-order valence-corrected chi connectivity index (χ1v) is 11.4. The third-order valence-electron chi connectivity index (χ3n) is 5.69. The highest BCUT2D eigenvalue weighted by molar-refractivity contribution is 8.18. The number of hydrogen-bond acceptors (Lipinski definition) is 5. The van der Waals surface area contributed by atoms with Crippen molar-refractivity contribution >= 4 is 45.6 Å². The molecule has 0 N–H and O–H groups in total. The van der Waals surface area contributed by atoms with Gasteiger partial charge in [-0.2, -0.15) is 0 Å². The number of amides is 2. The van der Waals surface area contributed by atoms with Crippen molar-refractivity contribution in [2.24, 2.45) is 0 Å². The van der Waals surface area contributed by atoms with Gasteiger partial charge < -0.3 is 4.57 Å². The molecule has 0 unspecified atom stereocenters. The maximum absolute atomic E-state index is 13.0. The van der Waals surface area contributed by atoms with E-state index in [0.29, 0.717) is 17.0 Å². The van der Waals surface area contributed by atoms with Gasteiger partial charge in [0.2, 0.25) is 0 Å². The molecule has 0 bridgehead atoms. The summed E-state index contributed by atoms with van der Waals surface area (Å²) in [6.45, 7) is 0.531. The Balaban J connectivity index is 1.49. The van der Waals surface area contributed by atoms with Crippen LogP contribution in [0.25, 0.3) is 17.0 Å². The van der Waals surface area contributed by atoms with E-state index < -0.39 is 0 Å². The van der Waals surface area contributed by atoms with Crippen LogP contribution in [0.15, 0.2) is 90.0 Å². The molecule has 2 heterocycles. The molecule has 3 aromatic carbocycles. The number of nitro groups is 1. The fraction of sp³-hybridized carbons (Fsp3) is 0.0769. The molecule has 7 nitrogen and oxygen atoms in total. The summed E-state index contributed by atoms with van der Waals surface area (Å²) in [4.78, 5) is 38.2. The Bertz CT molecular complexity index is 1460. The van der Waals surface area contributed by atoms with E-state index in [1.54, 1.807) is 24.3 Å². The van der Waals surface area contributed by atoms with E-state index >= 15 is 0 Å². The Kier molecular flexibility index (Phi) is 5.73. The summed E-state index contributed by atoms with van der Waals surface area (Å²) in [5.74, 6) is -0.325. The first-order valence-electron chi connectivity index (χ1n) is 10.6. The molecule has 4 aromatic rings. The monoisotopic (exact) mass is 469 g/mol. The lowest BCUT2D eigenvalue weighted by atomic mass is 10.1. The van der Waals surface area contributed by atoms with E-state index in [1.165, 1.54) is 11.0 Å². The third kappa shape index (κ3) is 4.11. The molecule has 34 heavy (non-hydrogen) atoms. The Morgan fingerprint density at radius 2 is 1.59 bits per heavy atom. The van der Waals surface area contributed by atoms with Crippen LogP contribution >= 0.6 is 11.8 Å². The number of carbonyl (C=O) groups excluding carboxylic acids is 2. The first kappa shape index (κ1) is 21.7. The number of rotatable bonds is 6. The van der Waals surface area contributed by atoms with Crippen molar-refractivity contribution in [3.8, 4) is 0 Å². The molecular formula is C26H19N3O4S.